The fourth-order valence-corrected chi connectivity index (χ4v) is 4.08. The predicted octanol–water partition coefficient (Wildman–Crippen LogP) is 7.24. The van der Waals surface area contributed by atoms with Crippen molar-refractivity contribution >= 4 is 51.7 Å². The second-order valence-corrected chi connectivity index (χ2v) is 8.65. The number of nitrogens with zero attached hydrogens (tertiary/aromatic N) is 3. The summed E-state index contributed by atoms with van der Waals surface area (Å²) in [6, 6.07) is 10.7. The molecule has 160 valence electrons. The molecule has 0 saturated carbocycles. The van der Waals surface area contributed by atoms with E-state index < -0.39 is 0 Å². The van der Waals surface area contributed by atoms with Crippen LogP contribution in [-0.2, 0) is 13.1 Å². The summed E-state index contributed by atoms with van der Waals surface area (Å²) in [6.07, 6.45) is 4.00. The molecule has 0 fully saturated rings. The Hall–Kier alpha value is -1.75. The Morgan fingerprint density at radius 3 is 2.47 bits per heavy atom. The van der Waals surface area contributed by atoms with E-state index in [1.807, 2.05) is 23.1 Å². The van der Waals surface area contributed by atoms with E-state index in [1.165, 1.54) is 0 Å². The van der Waals surface area contributed by atoms with Gasteiger partial charge in [-0.05, 0) is 49.2 Å². The normalized spacial score (nSPS) is 11.2. The zero-order valence-corrected chi connectivity index (χ0v) is 19.6. The number of amides is 1. The Kier molecular flexibility index (Phi) is 8.04. The van der Waals surface area contributed by atoms with Gasteiger partial charge in [-0.25, -0.2) is 4.98 Å². The van der Waals surface area contributed by atoms with Crippen LogP contribution in [0.25, 0.3) is 11.0 Å². The molecule has 0 N–H and O–H groups in total. The van der Waals surface area contributed by atoms with Gasteiger partial charge >= 0.3 is 0 Å². The van der Waals surface area contributed by atoms with Crippen molar-refractivity contribution in [3.05, 3.63) is 62.9 Å². The fourth-order valence-electron chi connectivity index (χ4n) is 3.55. The van der Waals surface area contributed by atoms with E-state index in [1.54, 1.807) is 18.2 Å². The van der Waals surface area contributed by atoms with Gasteiger partial charge in [-0.15, -0.1) is 0 Å². The largest absolute Gasteiger partial charge is 0.331 e. The Balaban J connectivity index is 1.98. The molecule has 1 aromatic heterocycles. The van der Waals surface area contributed by atoms with E-state index in [-0.39, 0.29) is 5.91 Å². The topological polar surface area (TPSA) is 38.1 Å². The summed E-state index contributed by atoms with van der Waals surface area (Å²) in [5.41, 5.74) is 2.28. The number of fused-ring (bicyclic) bond motifs is 1. The highest BCUT2D eigenvalue weighted by molar-refractivity contribution is 6.35. The van der Waals surface area contributed by atoms with Gasteiger partial charge in [0.2, 0.25) is 0 Å². The predicted molar refractivity (Wildman–Crippen MR) is 126 cm³/mol. The summed E-state index contributed by atoms with van der Waals surface area (Å²) < 4.78 is 2.15. The number of hydrogen-bond acceptors (Lipinski definition) is 2. The molecule has 0 bridgehead atoms. The van der Waals surface area contributed by atoms with Crippen LogP contribution in [0.2, 0.25) is 15.1 Å². The Morgan fingerprint density at radius 1 is 1.00 bits per heavy atom. The highest BCUT2D eigenvalue weighted by atomic mass is 35.5. The lowest BCUT2D eigenvalue weighted by molar-refractivity contribution is 0.0734. The molecule has 7 heteroatoms. The Labute approximate surface area is 192 Å². The zero-order valence-electron chi connectivity index (χ0n) is 17.3. The zero-order chi connectivity index (χ0) is 21.7. The average molecular weight is 467 g/mol. The first-order valence-corrected chi connectivity index (χ1v) is 11.5. The van der Waals surface area contributed by atoms with Crippen LogP contribution in [0.4, 0.5) is 0 Å². The summed E-state index contributed by atoms with van der Waals surface area (Å²) in [4.78, 5) is 20.0. The van der Waals surface area contributed by atoms with Gasteiger partial charge in [0.1, 0.15) is 5.82 Å². The first kappa shape index (κ1) is 22.9. The highest BCUT2D eigenvalue weighted by Crippen LogP contribution is 2.25. The minimum Gasteiger partial charge on any atom is -0.331 e. The van der Waals surface area contributed by atoms with Crippen molar-refractivity contribution < 1.29 is 4.79 Å². The van der Waals surface area contributed by atoms with E-state index in [2.05, 4.69) is 18.4 Å². The third-order valence-electron chi connectivity index (χ3n) is 5.05. The third kappa shape index (κ3) is 5.29. The molecule has 0 unspecified atom stereocenters. The fraction of sp³-hybridized carbons (Fsp3) is 0.391. The van der Waals surface area contributed by atoms with Crippen LogP contribution in [-0.4, -0.2) is 26.9 Å². The number of hydrogen-bond donors (Lipinski definition) is 0. The lowest BCUT2D eigenvalue weighted by Gasteiger charge is -2.23. The molecule has 3 rings (SSSR count). The number of benzene rings is 2. The van der Waals surface area contributed by atoms with Gasteiger partial charge in [-0.1, -0.05) is 61.5 Å². The molecule has 1 heterocycles. The van der Waals surface area contributed by atoms with Gasteiger partial charge < -0.3 is 9.47 Å². The van der Waals surface area contributed by atoms with Crippen LogP contribution in [0.3, 0.4) is 0 Å². The molecule has 30 heavy (non-hydrogen) atoms. The number of aromatic nitrogens is 2. The van der Waals surface area contributed by atoms with Crippen molar-refractivity contribution in [2.24, 2.45) is 0 Å². The molecule has 3 aromatic rings. The number of unbranched alkanes of at least 4 members (excludes halogenated alkanes) is 2. The van der Waals surface area contributed by atoms with Crippen LogP contribution in [0, 0.1) is 0 Å². The van der Waals surface area contributed by atoms with Crippen molar-refractivity contribution in [1.29, 1.82) is 0 Å². The van der Waals surface area contributed by atoms with E-state index in [4.69, 9.17) is 39.8 Å². The molecule has 0 aliphatic rings. The first-order valence-electron chi connectivity index (χ1n) is 10.3. The number of halogens is 3. The molecular formula is C23H26Cl3N3O. The second kappa shape index (κ2) is 10.5. The maximum Gasteiger partial charge on any atom is 0.255 e. The monoisotopic (exact) mass is 465 g/mol. The van der Waals surface area contributed by atoms with Gasteiger partial charge in [0, 0.05) is 23.1 Å². The molecule has 0 aliphatic carbocycles. The maximum atomic E-state index is 13.4. The molecule has 4 nitrogen and oxygen atoms in total. The molecule has 0 saturated heterocycles. The number of aryl methyl sites for hydroxylation is 1. The van der Waals surface area contributed by atoms with Gasteiger partial charge in [-0.2, -0.15) is 0 Å². The van der Waals surface area contributed by atoms with E-state index in [0.717, 1.165) is 49.1 Å². The van der Waals surface area contributed by atoms with E-state index in [0.29, 0.717) is 33.7 Å². The van der Waals surface area contributed by atoms with Gasteiger partial charge in [0.25, 0.3) is 5.91 Å². The van der Waals surface area contributed by atoms with E-state index >= 15 is 0 Å². The van der Waals surface area contributed by atoms with Crippen molar-refractivity contribution in [3.63, 3.8) is 0 Å². The van der Waals surface area contributed by atoms with E-state index in [9.17, 15) is 4.79 Å². The lowest BCUT2D eigenvalue weighted by Crippen LogP contribution is -2.33. The third-order valence-corrected chi connectivity index (χ3v) is 5.85. The van der Waals surface area contributed by atoms with Crippen LogP contribution in [0.1, 0.15) is 55.7 Å². The van der Waals surface area contributed by atoms with Crippen molar-refractivity contribution in [1.82, 2.24) is 14.5 Å². The molecule has 0 spiro atoms. The molecule has 0 radical (unpaired) electrons. The second-order valence-electron chi connectivity index (χ2n) is 7.37. The number of carbonyl (C=O) groups excluding carboxylic acids is 1. The van der Waals surface area contributed by atoms with Gasteiger partial charge in [-0.3, -0.25) is 4.79 Å². The Morgan fingerprint density at radius 2 is 1.73 bits per heavy atom. The quantitative estimate of drug-likeness (QED) is 0.312. The number of carbonyl (C=O) groups is 1. The number of imidazole rings is 1. The van der Waals surface area contributed by atoms with Gasteiger partial charge in [0.05, 0.1) is 28.2 Å². The minimum absolute atomic E-state index is 0.133. The summed E-state index contributed by atoms with van der Waals surface area (Å²) >= 11 is 18.7. The Bertz CT molecular complexity index is 1030. The van der Waals surface area contributed by atoms with Gasteiger partial charge in [0.15, 0.2) is 0 Å². The minimum atomic E-state index is -0.133. The lowest BCUT2D eigenvalue weighted by atomic mass is 10.1. The molecule has 0 atom stereocenters. The first-order chi connectivity index (χ1) is 14.4. The van der Waals surface area contributed by atoms with Crippen LogP contribution >= 0.6 is 34.8 Å². The van der Waals surface area contributed by atoms with Crippen molar-refractivity contribution in [3.8, 4) is 0 Å². The van der Waals surface area contributed by atoms with Crippen molar-refractivity contribution in [2.75, 3.05) is 6.54 Å². The van der Waals surface area contributed by atoms with Crippen LogP contribution in [0.5, 0.6) is 0 Å². The van der Waals surface area contributed by atoms with Crippen LogP contribution in [0.15, 0.2) is 36.4 Å². The number of rotatable bonds is 9. The standard InChI is InChI=1S/C23H26Cl3N3O/c1-3-5-6-12-28(23(30)18-13-16(24)7-9-19(18)26)15-22-27-20-10-8-17(25)14-21(20)29(22)11-4-2/h7-10,13-14H,3-6,11-12,15H2,1-2H3. The molecule has 2 aromatic carbocycles. The molecule has 0 aliphatic heterocycles. The smallest absolute Gasteiger partial charge is 0.255 e. The maximum absolute atomic E-state index is 13.4. The SMILES string of the molecule is CCCCCN(Cc1nc2ccc(Cl)cc2n1CCC)C(=O)c1cc(Cl)ccc1Cl. The summed E-state index contributed by atoms with van der Waals surface area (Å²) in [6.45, 7) is 6.10. The molecule has 1 amide bonds. The van der Waals surface area contributed by atoms with Crippen molar-refractivity contribution in [2.45, 2.75) is 52.6 Å². The average Bonchev–Trinajstić information content (AvgIpc) is 3.05. The summed E-state index contributed by atoms with van der Waals surface area (Å²) in [7, 11) is 0. The van der Waals surface area contributed by atoms with Crippen LogP contribution < -0.4 is 0 Å². The highest BCUT2D eigenvalue weighted by Gasteiger charge is 2.22. The summed E-state index contributed by atoms with van der Waals surface area (Å²) in [5, 5.41) is 1.57. The summed E-state index contributed by atoms with van der Waals surface area (Å²) in [5.74, 6) is 0.712. The molecular weight excluding hydrogens is 441 g/mol.